The third-order valence-electron chi connectivity index (χ3n) is 6.42. The molecule has 0 aliphatic rings. The number of benzene rings is 3. The third kappa shape index (κ3) is 5.29. The van der Waals surface area contributed by atoms with E-state index in [9.17, 15) is 14.0 Å². The van der Waals surface area contributed by atoms with Crippen LogP contribution in [0.15, 0.2) is 69.9 Å². The van der Waals surface area contributed by atoms with Crippen molar-refractivity contribution in [2.45, 2.75) is 32.7 Å². The van der Waals surface area contributed by atoms with Crippen LogP contribution in [-0.2, 0) is 0 Å². The second-order valence-electron chi connectivity index (χ2n) is 8.83. The summed E-state index contributed by atoms with van der Waals surface area (Å²) >= 11 is 3.59. The molecule has 0 saturated heterocycles. The summed E-state index contributed by atoms with van der Waals surface area (Å²) in [6.07, 6.45) is 1.57. The van der Waals surface area contributed by atoms with Gasteiger partial charge in [0.25, 0.3) is 11.5 Å². The summed E-state index contributed by atoms with van der Waals surface area (Å²) in [6.45, 7) is 4.25. The van der Waals surface area contributed by atoms with Crippen molar-refractivity contribution in [2.75, 3.05) is 20.8 Å². The first kappa shape index (κ1) is 27.3. The topological polar surface area (TPSA) is 73.7 Å². The van der Waals surface area contributed by atoms with Gasteiger partial charge in [-0.05, 0) is 59.6 Å². The quantitative estimate of drug-likeness (QED) is 0.231. The summed E-state index contributed by atoms with van der Waals surface area (Å²) in [7, 11) is 3.06. The minimum absolute atomic E-state index is 0.229. The second kappa shape index (κ2) is 11.8. The molecule has 38 heavy (non-hydrogen) atoms. The maximum atomic E-state index is 14.0. The average molecular weight is 582 g/mol. The number of aromatic nitrogens is 2. The highest BCUT2D eigenvalue weighted by Gasteiger charge is 2.29. The molecule has 1 heterocycles. The van der Waals surface area contributed by atoms with Crippen molar-refractivity contribution in [2.24, 2.45) is 0 Å². The molecule has 0 N–H and O–H groups in total. The van der Waals surface area contributed by atoms with Crippen LogP contribution in [0.1, 0.15) is 48.9 Å². The van der Waals surface area contributed by atoms with Crippen LogP contribution in [0.3, 0.4) is 0 Å². The summed E-state index contributed by atoms with van der Waals surface area (Å²) in [5.41, 5.74) is 0.893. The number of nitrogens with zero attached hydrogens (tertiary/aromatic N) is 3. The third-order valence-corrected chi connectivity index (χ3v) is 7.21. The second-order valence-corrected chi connectivity index (χ2v) is 9.62. The Balaban J connectivity index is 1.98. The molecule has 1 amide bonds. The Labute approximate surface area is 229 Å². The molecule has 1 unspecified atom stereocenters. The Kier molecular flexibility index (Phi) is 8.46. The fourth-order valence-electron chi connectivity index (χ4n) is 4.38. The van der Waals surface area contributed by atoms with Crippen LogP contribution in [0.4, 0.5) is 4.39 Å². The van der Waals surface area contributed by atoms with Crippen molar-refractivity contribution in [3.63, 3.8) is 0 Å². The van der Waals surface area contributed by atoms with Crippen LogP contribution in [0, 0.1) is 5.82 Å². The van der Waals surface area contributed by atoms with Crippen molar-refractivity contribution in [1.29, 1.82) is 0 Å². The molecule has 0 saturated carbocycles. The molecular formula is C29H29BrFN3O4. The zero-order chi connectivity index (χ0) is 27.4. The van der Waals surface area contributed by atoms with Gasteiger partial charge in [-0.2, -0.15) is 0 Å². The van der Waals surface area contributed by atoms with E-state index in [1.807, 2.05) is 19.9 Å². The first-order valence-corrected chi connectivity index (χ1v) is 13.1. The van der Waals surface area contributed by atoms with Crippen LogP contribution < -0.4 is 15.0 Å². The van der Waals surface area contributed by atoms with E-state index in [1.165, 1.54) is 37.0 Å². The van der Waals surface area contributed by atoms with Gasteiger partial charge in [0.05, 0.1) is 41.3 Å². The number of carbonyl (C=O) groups excluding carboxylic acids is 1. The number of unbranched alkanes of at least 4 members (excludes halogenated alkanes) is 1. The van der Waals surface area contributed by atoms with Gasteiger partial charge in [0.1, 0.15) is 23.1 Å². The smallest absolute Gasteiger partial charge is 0.266 e. The van der Waals surface area contributed by atoms with Crippen LogP contribution >= 0.6 is 15.9 Å². The van der Waals surface area contributed by atoms with Crippen LogP contribution in [0.5, 0.6) is 11.5 Å². The first-order chi connectivity index (χ1) is 18.3. The maximum Gasteiger partial charge on any atom is 0.266 e. The number of hydrogen-bond acceptors (Lipinski definition) is 5. The SMILES string of the molecule is CCCCN(C(=O)c1cccc(F)c1)C(C)c1nc2ccccc2c(=O)n1-c1cc(OC)cc(OC)c1Br. The highest BCUT2D eigenvalue weighted by Crippen LogP contribution is 2.37. The van der Waals surface area contributed by atoms with E-state index < -0.39 is 11.9 Å². The van der Waals surface area contributed by atoms with Crippen LogP contribution in [0.25, 0.3) is 16.6 Å². The largest absolute Gasteiger partial charge is 0.497 e. The highest BCUT2D eigenvalue weighted by atomic mass is 79.9. The van der Waals surface area contributed by atoms with E-state index in [0.29, 0.717) is 44.9 Å². The fourth-order valence-corrected chi connectivity index (χ4v) is 4.94. The molecule has 0 fully saturated rings. The maximum absolute atomic E-state index is 14.0. The van der Waals surface area contributed by atoms with Crippen molar-refractivity contribution < 1.29 is 18.7 Å². The summed E-state index contributed by atoms with van der Waals surface area (Å²) in [5, 5.41) is 0.425. The van der Waals surface area contributed by atoms with E-state index in [-0.39, 0.29) is 17.0 Å². The Bertz CT molecular complexity index is 1540. The zero-order valence-electron chi connectivity index (χ0n) is 21.7. The Morgan fingerprint density at radius 2 is 1.87 bits per heavy atom. The van der Waals surface area contributed by atoms with Crippen molar-refractivity contribution in [3.8, 4) is 17.2 Å². The summed E-state index contributed by atoms with van der Waals surface area (Å²) < 4.78 is 27.0. The summed E-state index contributed by atoms with van der Waals surface area (Å²) in [4.78, 5) is 34.2. The molecule has 4 aromatic rings. The van der Waals surface area contributed by atoms with Gasteiger partial charge in [-0.15, -0.1) is 0 Å². The van der Waals surface area contributed by atoms with Gasteiger partial charge in [-0.3, -0.25) is 14.2 Å². The number of hydrogen-bond donors (Lipinski definition) is 0. The molecule has 4 rings (SSSR count). The van der Waals surface area contributed by atoms with Gasteiger partial charge >= 0.3 is 0 Å². The monoisotopic (exact) mass is 581 g/mol. The molecule has 198 valence electrons. The molecule has 0 aliphatic carbocycles. The van der Waals surface area contributed by atoms with E-state index in [4.69, 9.17) is 14.5 Å². The number of methoxy groups -OCH3 is 2. The number of carbonyl (C=O) groups is 1. The van der Waals surface area contributed by atoms with Gasteiger partial charge in [0, 0.05) is 24.2 Å². The number of rotatable bonds is 9. The van der Waals surface area contributed by atoms with Gasteiger partial charge in [0.2, 0.25) is 0 Å². The van der Waals surface area contributed by atoms with Gasteiger partial charge < -0.3 is 14.4 Å². The lowest BCUT2D eigenvalue weighted by Crippen LogP contribution is -2.38. The van der Waals surface area contributed by atoms with Gasteiger partial charge in [-0.1, -0.05) is 31.5 Å². The molecule has 9 heteroatoms. The van der Waals surface area contributed by atoms with E-state index >= 15 is 0 Å². The molecule has 1 aromatic heterocycles. The molecule has 1 atom stereocenters. The average Bonchev–Trinajstić information content (AvgIpc) is 2.93. The number of amides is 1. The highest BCUT2D eigenvalue weighted by molar-refractivity contribution is 9.10. The standard InChI is InChI=1S/C29H29BrFN3O4/c1-5-6-14-33(28(35)19-10-9-11-20(31)15-19)18(2)27-32-23-13-8-7-12-22(23)29(36)34(27)24-16-21(37-3)17-25(38-4)26(24)30/h7-13,15-18H,5-6,14H2,1-4H3. The summed E-state index contributed by atoms with van der Waals surface area (Å²) in [6, 6.07) is 15.5. The minimum Gasteiger partial charge on any atom is -0.497 e. The fraction of sp³-hybridized carbons (Fsp3) is 0.276. The zero-order valence-corrected chi connectivity index (χ0v) is 23.3. The van der Waals surface area contributed by atoms with E-state index in [2.05, 4.69) is 15.9 Å². The molecule has 0 aliphatic heterocycles. The van der Waals surface area contributed by atoms with Crippen molar-refractivity contribution >= 4 is 32.7 Å². The summed E-state index contributed by atoms with van der Waals surface area (Å²) in [5.74, 6) is 0.466. The van der Waals surface area contributed by atoms with E-state index in [1.54, 1.807) is 41.3 Å². The molecule has 0 bridgehead atoms. The van der Waals surface area contributed by atoms with Gasteiger partial charge in [-0.25, -0.2) is 9.37 Å². The number of fused-ring (bicyclic) bond motifs is 1. The predicted octanol–water partition coefficient (Wildman–Crippen LogP) is 6.31. The Morgan fingerprint density at radius 1 is 1.11 bits per heavy atom. The molecule has 7 nitrogen and oxygen atoms in total. The van der Waals surface area contributed by atoms with Crippen LogP contribution in [-0.4, -0.2) is 41.1 Å². The molecule has 3 aromatic carbocycles. The molecule has 0 radical (unpaired) electrons. The van der Waals surface area contributed by atoms with Crippen LogP contribution in [0.2, 0.25) is 0 Å². The minimum atomic E-state index is -0.640. The Hall–Kier alpha value is -3.72. The lowest BCUT2D eigenvalue weighted by Gasteiger charge is -2.31. The number of ether oxygens (including phenoxy) is 2. The molecular weight excluding hydrogens is 553 g/mol. The Morgan fingerprint density at radius 3 is 2.55 bits per heavy atom. The predicted molar refractivity (Wildman–Crippen MR) is 149 cm³/mol. The van der Waals surface area contributed by atoms with Crippen molar-refractivity contribution in [1.82, 2.24) is 14.5 Å². The lowest BCUT2D eigenvalue weighted by atomic mass is 10.1. The number of halogens is 2. The van der Waals surface area contributed by atoms with E-state index in [0.717, 1.165) is 12.8 Å². The number of para-hydroxylation sites is 1. The van der Waals surface area contributed by atoms with Gasteiger partial charge in [0.15, 0.2) is 0 Å². The van der Waals surface area contributed by atoms with Crippen molar-refractivity contribution in [3.05, 3.63) is 92.7 Å². The first-order valence-electron chi connectivity index (χ1n) is 12.3. The lowest BCUT2D eigenvalue weighted by molar-refractivity contribution is 0.0677. The normalized spacial score (nSPS) is 11.8. The molecule has 0 spiro atoms.